The van der Waals surface area contributed by atoms with Crippen molar-refractivity contribution in [1.82, 2.24) is 15.1 Å². The summed E-state index contributed by atoms with van der Waals surface area (Å²) in [6.45, 7) is 1.01. The second kappa shape index (κ2) is 6.28. The summed E-state index contributed by atoms with van der Waals surface area (Å²) in [4.78, 5) is 0. The lowest BCUT2D eigenvalue weighted by atomic mass is 10.2. The molecule has 0 aliphatic rings. The van der Waals surface area contributed by atoms with Gasteiger partial charge in [0, 0.05) is 30.4 Å². The van der Waals surface area contributed by atoms with Crippen molar-refractivity contribution in [3.8, 4) is 5.75 Å². The van der Waals surface area contributed by atoms with Crippen molar-refractivity contribution in [1.29, 1.82) is 0 Å². The fourth-order valence-corrected chi connectivity index (χ4v) is 2.37. The van der Waals surface area contributed by atoms with E-state index in [9.17, 15) is 0 Å². The van der Waals surface area contributed by atoms with Gasteiger partial charge in [0.15, 0.2) is 0 Å². The van der Waals surface area contributed by atoms with Gasteiger partial charge in [-0.3, -0.25) is 4.68 Å². The fraction of sp³-hybridized carbons (Fsp3) is 0.308. The molecule has 1 N–H and O–H groups in total. The first-order chi connectivity index (χ1) is 9.10. The number of hydrogen-bond acceptors (Lipinski definition) is 3. The van der Waals surface area contributed by atoms with Gasteiger partial charge in [-0.1, -0.05) is 23.2 Å². The number of rotatable bonds is 5. The number of nitrogens with one attached hydrogen (secondary N) is 1. The zero-order valence-corrected chi connectivity index (χ0v) is 12.3. The molecule has 4 nitrogen and oxygen atoms in total. The van der Waals surface area contributed by atoms with Crippen molar-refractivity contribution >= 4 is 23.2 Å². The van der Waals surface area contributed by atoms with Crippen LogP contribution in [0.4, 0.5) is 0 Å². The average Bonchev–Trinajstić information content (AvgIpc) is 2.74. The zero-order valence-electron chi connectivity index (χ0n) is 10.8. The third-order valence-corrected chi connectivity index (χ3v) is 3.08. The van der Waals surface area contributed by atoms with Crippen molar-refractivity contribution in [2.75, 3.05) is 7.05 Å². The van der Waals surface area contributed by atoms with E-state index in [0.29, 0.717) is 28.9 Å². The summed E-state index contributed by atoms with van der Waals surface area (Å²) in [5.41, 5.74) is 1.78. The minimum atomic E-state index is 0.374. The van der Waals surface area contributed by atoms with Gasteiger partial charge >= 0.3 is 0 Å². The Morgan fingerprint density at radius 2 is 2.16 bits per heavy atom. The molecule has 0 aliphatic carbocycles. The molecular weight excluding hydrogens is 285 g/mol. The van der Waals surface area contributed by atoms with Gasteiger partial charge in [-0.25, -0.2) is 0 Å². The van der Waals surface area contributed by atoms with Crippen LogP contribution in [0.2, 0.25) is 10.0 Å². The molecule has 19 heavy (non-hydrogen) atoms. The molecule has 0 saturated heterocycles. The summed E-state index contributed by atoms with van der Waals surface area (Å²) >= 11 is 12.2. The van der Waals surface area contributed by atoms with Gasteiger partial charge in [0.1, 0.15) is 12.4 Å². The molecule has 102 valence electrons. The second-order valence-electron chi connectivity index (χ2n) is 4.18. The van der Waals surface area contributed by atoms with Crippen LogP contribution in [-0.2, 0) is 20.2 Å². The molecule has 6 heteroatoms. The first-order valence-electron chi connectivity index (χ1n) is 5.84. The second-order valence-corrected chi connectivity index (χ2v) is 5.02. The Morgan fingerprint density at radius 3 is 2.79 bits per heavy atom. The topological polar surface area (TPSA) is 39.1 Å². The molecule has 1 aromatic heterocycles. The average molecular weight is 300 g/mol. The first-order valence-corrected chi connectivity index (χ1v) is 6.59. The van der Waals surface area contributed by atoms with E-state index in [1.165, 1.54) is 0 Å². The molecule has 0 radical (unpaired) electrons. The third kappa shape index (κ3) is 3.62. The van der Waals surface area contributed by atoms with Crippen LogP contribution < -0.4 is 10.1 Å². The summed E-state index contributed by atoms with van der Waals surface area (Å²) in [6, 6.07) is 5.43. The SMILES string of the molecule is CNCc1cc(Cl)cc(Cl)c1OCc1ccn(C)n1. The first kappa shape index (κ1) is 14.2. The maximum absolute atomic E-state index is 6.18. The predicted molar refractivity (Wildman–Crippen MR) is 76.8 cm³/mol. The van der Waals surface area contributed by atoms with E-state index >= 15 is 0 Å². The van der Waals surface area contributed by atoms with Crippen LogP contribution in [0.1, 0.15) is 11.3 Å². The fourth-order valence-electron chi connectivity index (χ4n) is 1.78. The molecule has 2 rings (SSSR count). The van der Waals surface area contributed by atoms with Gasteiger partial charge in [0.2, 0.25) is 0 Å². The monoisotopic (exact) mass is 299 g/mol. The number of hydrogen-bond donors (Lipinski definition) is 1. The number of nitrogens with zero attached hydrogens (tertiary/aromatic N) is 2. The van der Waals surface area contributed by atoms with Crippen molar-refractivity contribution in [3.05, 3.63) is 45.7 Å². The Labute approximate surface area is 122 Å². The number of halogens is 2. The summed E-state index contributed by atoms with van der Waals surface area (Å²) in [6.07, 6.45) is 1.87. The molecule has 2 aromatic rings. The predicted octanol–water partition coefficient (Wildman–Crippen LogP) is 3.03. The molecule has 1 aromatic carbocycles. The molecule has 0 atom stereocenters. The lowest BCUT2D eigenvalue weighted by Gasteiger charge is -2.13. The maximum atomic E-state index is 6.18. The number of aromatic nitrogens is 2. The highest BCUT2D eigenvalue weighted by molar-refractivity contribution is 6.35. The lowest BCUT2D eigenvalue weighted by Crippen LogP contribution is -2.08. The van der Waals surface area contributed by atoms with Crippen LogP contribution in [0, 0.1) is 0 Å². The largest absolute Gasteiger partial charge is 0.485 e. The summed E-state index contributed by atoms with van der Waals surface area (Å²) in [7, 11) is 3.72. The van der Waals surface area contributed by atoms with E-state index in [1.54, 1.807) is 10.7 Å². The lowest BCUT2D eigenvalue weighted by molar-refractivity contribution is 0.296. The van der Waals surface area contributed by atoms with Crippen LogP contribution in [-0.4, -0.2) is 16.8 Å². The molecule has 0 unspecified atom stereocenters. The molecule has 0 aliphatic heterocycles. The quantitative estimate of drug-likeness (QED) is 0.922. The number of ether oxygens (including phenoxy) is 1. The van der Waals surface area contributed by atoms with Gasteiger partial charge in [0.25, 0.3) is 0 Å². The van der Waals surface area contributed by atoms with E-state index in [0.717, 1.165) is 11.3 Å². The van der Waals surface area contributed by atoms with Crippen molar-refractivity contribution in [3.63, 3.8) is 0 Å². The van der Waals surface area contributed by atoms with Crippen LogP contribution in [0.3, 0.4) is 0 Å². The van der Waals surface area contributed by atoms with Gasteiger partial charge in [-0.05, 0) is 25.2 Å². The Hall–Kier alpha value is -1.23. The van der Waals surface area contributed by atoms with Gasteiger partial charge in [0.05, 0.1) is 10.7 Å². The molecule has 1 heterocycles. The summed E-state index contributed by atoms with van der Waals surface area (Å²) in [5, 5.41) is 8.43. The van der Waals surface area contributed by atoms with Crippen LogP contribution >= 0.6 is 23.2 Å². The van der Waals surface area contributed by atoms with E-state index < -0.39 is 0 Å². The van der Waals surface area contributed by atoms with Gasteiger partial charge < -0.3 is 10.1 Å². The molecule has 0 saturated carbocycles. The zero-order chi connectivity index (χ0) is 13.8. The van der Waals surface area contributed by atoms with Gasteiger partial charge in [-0.15, -0.1) is 0 Å². The maximum Gasteiger partial charge on any atom is 0.143 e. The van der Waals surface area contributed by atoms with E-state index in [2.05, 4.69) is 10.4 Å². The van der Waals surface area contributed by atoms with E-state index in [4.69, 9.17) is 27.9 Å². The molecule has 0 spiro atoms. The van der Waals surface area contributed by atoms with Crippen LogP contribution in [0.25, 0.3) is 0 Å². The molecule has 0 fully saturated rings. The summed E-state index contributed by atoms with van der Waals surface area (Å²) < 4.78 is 7.50. The Kier molecular flexibility index (Phi) is 4.69. The molecule has 0 bridgehead atoms. The smallest absolute Gasteiger partial charge is 0.143 e. The number of aryl methyl sites for hydroxylation is 1. The number of benzene rings is 1. The summed E-state index contributed by atoms with van der Waals surface area (Å²) in [5.74, 6) is 0.645. The Morgan fingerprint density at radius 1 is 1.37 bits per heavy atom. The Balaban J connectivity index is 2.18. The third-order valence-electron chi connectivity index (χ3n) is 2.59. The van der Waals surface area contributed by atoms with Crippen molar-refractivity contribution in [2.24, 2.45) is 7.05 Å². The van der Waals surface area contributed by atoms with E-state index in [1.807, 2.05) is 32.4 Å². The van der Waals surface area contributed by atoms with Crippen LogP contribution in [0.15, 0.2) is 24.4 Å². The van der Waals surface area contributed by atoms with Crippen LogP contribution in [0.5, 0.6) is 5.75 Å². The highest BCUT2D eigenvalue weighted by Crippen LogP contribution is 2.32. The minimum absolute atomic E-state index is 0.374. The minimum Gasteiger partial charge on any atom is -0.485 e. The molecular formula is C13H15Cl2N3O. The highest BCUT2D eigenvalue weighted by atomic mass is 35.5. The highest BCUT2D eigenvalue weighted by Gasteiger charge is 2.11. The molecule has 0 amide bonds. The van der Waals surface area contributed by atoms with E-state index in [-0.39, 0.29) is 0 Å². The van der Waals surface area contributed by atoms with Crippen molar-refractivity contribution < 1.29 is 4.74 Å². The Bertz CT molecular complexity index is 569. The van der Waals surface area contributed by atoms with Gasteiger partial charge in [-0.2, -0.15) is 5.10 Å². The standard InChI is InChI=1S/C13H15Cl2N3O/c1-16-7-9-5-10(14)6-12(15)13(9)19-8-11-3-4-18(2)17-11/h3-6,16H,7-8H2,1-2H3. The van der Waals surface area contributed by atoms with Crippen molar-refractivity contribution in [2.45, 2.75) is 13.2 Å². The normalized spacial score (nSPS) is 10.7.